The Morgan fingerprint density at radius 1 is 1.31 bits per heavy atom. The Bertz CT molecular complexity index is 347. The number of hydrogen-bond acceptors (Lipinski definition) is 2. The molecule has 16 heavy (non-hydrogen) atoms. The van der Waals surface area contributed by atoms with Gasteiger partial charge in [0.2, 0.25) is 0 Å². The molecule has 1 aliphatic rings. The molecule has 1 aromatic heterocycles. The van der Waals surface area contributed by atoms with Crippen molar-refractivity contribution in [1.29, 1.82) is 0 Å². The molecule has 3 nitrogen and oxygen atoms in total. The van der Waals surface area contributed by atoms with Crippen LogP contribution in [0.1, 0.15) is 18.4 Å². The predicted molar refractivity (Wildman–Crippen MR) is 49.6 cm³/mol. The minimum atomic E-state index is -4.25. The lowest BCUT2D eigenvalue weighted by Gasteiger charge is -2.03. The SMILES string of the molecule is FC(F)(F)c1ccncc1.O=C(O)C1CC1. The molecule has 1 aromatic rings. The van der Waals surface area contributed by atoms with Crippen LogP contribution in [0, 0.1) is 5.92 Å². The van der Waals surface area contributed by atoms with E-state index in [1.807, 2.05) is 0 Å². The van der Waals surface area contributed by atoms with Crippen molar-refractivity contribution in [1.82, 2.24) is 4.98 Å². The highest BCUT2D eigenvalue weighted by Crippen LogP contribution is 2.28. The van der Waals surface area contributed by atoms with Gasteiger partial charge in [-0.2, -0.15) is 13.2 Å². The first-order valence-corrected chi connectivity index (χ1v) is 4.61. The average Bonchev–Trinajstić information content (AvgIpc) is 3.02. The Labute approximate surface area is 89.9 Å². The Kier molecular flexibility index (Phi) is 3.87. The van der Waals surface area contributed by atoms with Gasteiger partial charge in [0.15, 0.2) is 0 Å². The van der Waals surface area contributed by atoms with E-state index >= 15 is 0 Å². The van der Waals surface area contributed by atoms with Crippen molar-refractivity contribution in [2.45, 2.75) is 19.0 Å². The second kappa shape index (κ2) is 4.96. The minimum Gasteiger partial charge on any atom is -0.481 e. The van der Waals surface area contributed by atoms with Gasteiger partial charge in [0.25, 0.3) is 0 Å². The van der Waals surface area contributed by atoms with E-state index in [0.717, 1.165) is 37.4 Å². The van der Waals surface area contributed by atoms with Crippen LogP contribution in [-0.2, 0) is 11.0 Å². The average molecular weight is 233 g/mol. The maximum absolute atomic E-state index is 11.8. The fourth-order valence-corrected chi connectivity index (χ4v) is 0.871. The zero-order chi connectivity index (χ0) is 12.2. The zero-order valence-corrected chi connectivity index (χ0v) is 8.24. The molecule has 6 heteroatoms. The number of pyridine rings is 1. The van der Waals surface area contributed by atoms with Gasteiger partial charge < -0.3 is 5.11 Å². The summed E-state index contributed by atoms with van der Waals surface area (Å²) in [5.74, 6) is -0.611. The first-order chi connectivity index (χ1) is 7.41. The van der Waals surface area contributed by atoms with Crippen LogP contribution in [0.15, 0.2) is 24.5 Å². The molecule has 1 saturated carbocycles. The summed E-state index contributed by atoms with van der Waals surface area (Å²) in [7, 11) is 0. The van der Waals surface area contributed by atoms with Crippen LogP contribution in [0.5, 0.6) is 0 Å². The second-order valence-electron chi connectivity index (χ2n) is 3.35. The van der Waals surface area contributed by atoms with Gasteiger partial charge in [0.1, 0.15) is 0 Å². The summed E-state index contributed by atoms with van der Waals surface area (Å²) in [6.07, 6.45) is -0.223. The molecule has 0 aliphatic heterocycles. The maximum atomic E-state index is 11.8. The lowest BCUT2D eigenvalue weighted by atomic mass is 10.3. The van der Waals surface area contributed by atoms with E-state index in [0.29, 0.717) is 0 Å². The van der Waals surface area contributed by atoms with E-state index in [2.05, 4.69) is 4.98 Å². The summed E-state index contributed by atoms with van der Waals surface area (Å²) >= 11 is 0. The molecule has 1 fully saturated rings. The molecule has 0 saturated heterocycles. The van der Waals surface area contributed by atoms with E-state index in [4.69, 9.17) is 5.11 Å². The highest BCUT2D eigenvalue weighted by atomic mass is 19.4. The first-order valence-electron chi connectivity index (χ1n) is 4.61. The van der Waals surface area contributed by atoms with Crippen molar-refractivity contribution < 1.29 is 23.1 Å². The Morgan fingerprint density at radius 2 is 1.81 bits per heavy atom. The van der Waals surface area contributed by atoms with Gasteiger partial charge in [-0.1, -0.05) is 0 Å². The molecule has 0 amide bonds. The van der Waals surface area contributed by atoms with Gasteiger partial charge in [-0.05, 0) is 25.0 Å². The van der Waals surface area contributed by atoms with Crippen LogP contribution in [0.4, 0.5) is 13.2 Å². The van der Waals surface area contributed by atoms with Crippen molar-refractivity contribution in [3.63, 3.8) is 0 Å². The van der Waals surface area contributed by atoms with Crippen LogP contribution in [0.3, 0.4) is 0 Å². The van der Waals surface area contributed by atoms with Gasteiger partial charge in [-0.25, -0.2) is 0 Å². The largest absolute Gasteiger partial charge is 0.481 e. The number of carboxylic acid groups (broad SMARTS) is 1. The lowest BCUT2D eigenvalue weighted by molar-refractivity contribution is -0.139. The van der Waals surface area contributed by atoms with Gasteiger partial charge >= 0.3 is 12.1 Å². The molecule has 1 N–H and O–H groups in total. The molecule has 2 rings (SSSR count). The smallest absolute Gasteiger partial charge is 0.416 e. The van der Waals surface area contributed by atoms with E-state index in [1.54, 1.807) is 0 Å². The normalized spacial score (nSPS) is 14.9. The number of carbonyl (C=O) groups is 1. The van der Waals surface area contributed by atoms with Gasteiger partial charge in [-0.3, -0.25) is 9.78 Å². The van der Waals surface area contributed by atoms with Crippen LogP contribution in [-0.4, -0.2) is 16.1 Å². The molecular formula is C10H10F3NO2. The highest BCUT2D eigenvalue weighted by molar-refractivity contribution is 5.72. The van der Waals surface area contributed by atoms with Crippen molar-refractivity contribution >= 4 is 5.97 Å². The number of rotatable bonds is 1. The van der Waals surface area contributed by atoms with Crippen LogP contribution < -0.4 is 0 Å². The topological polar surface area (TPSA) is 50.2 Å². The molecule has 88 valence electrons. The maximum Gasteiger partial charge on any atom is 0.416 e. The van der Waals surface area contributed by atoms with Gasteiger partial charge in [-0.15, -0.1) is 0 Å². The Morgan fingerprint density at radius 3 is 2.00 bits per heavy atom. The molecule has 0 aromatic carbocycles. The van der Waals surface area contributed by atoms with Crippen LogP contribution >= 0.6 is 0 Å². The van der Waals surface area contributed by atoms with E-state index in [1.165, 1.54) is 0 Å². The summed E-state index contributed by atoms with van der Waals surface area (Å²) in [5.41, 5.74) is -0.664. The fraction of sp³-hybridized carbons (Fsp3) is 0.400. The molecule has 1 aliphatic carbocycles. The van der Waals surface area contributed by atoms with Crippen molar-refractivity contribution in [3.8, 4) is 0 Å². The Balaban J connectivity index is 0.000000181. The van der Waals surface area contributed by atoms with Crippen molar-refractivity contribution in [3.05, 3.63) is 30.1 Å². The molecule has 0 spiro atoms. The Hall–Kier alpha value is -1.59. The third-order valence-electron chi connectivity index (χ3n) is 1.93. The third kappa shape index (κ3) is 4.29. The van der Waals surface area contributed by atoms with Gasteiger partial charge in [0.05, 0.1) is 11.5 Å². The summed E-state index contributed by atoms with van der Waals surface area (Å²) in [5, 5.41) is 8.05. The van der Waals surface area contributed by atoms with E-state index in [9.17, 15) is 18.0 Å². The molecule has 0 radical (unpaired) electrons. The third-order valence-corrected chi connectivity index (χ3v) is 1.93. The molecular weight excluding hydrogens is 223 g/mol. The van der Waals surface area contributed by atoms with E-state index < -0.39 is 17.7 Å². The van der Waals surface area contributed by atoms with Crippen LogP contribution in [0.2, 0.25) is 0 Å². The molecule has 0 atom stereocenters. The number of hydrogen-bond donors (Lipinski definition) is 1. The highest BCUT2D eigenvalue weighted by Gasteiger charge is 2.29. The van der Waals surface area contributed by atoms with Crippen molar-refractivity contribution in [2.75, 3.05) is 0 Å². The quantitative estimate of drug-likeness (QED) is 0.811. The number of aromatic nitrogens is 1. The summed E-state index contributed by atoms with van der Waals surface area (Å²) in [6.45, 7) is 0. The monoisotopic (exact) mass is 233 g/mol. The standard InChI is InChI=1S/C6H4F3N.C4H6O2/c7-6(8,9)5-1-3-10-4-2-5;5-4(6)3-1-2-3/h1-4H;3H,1-2H2,(H,5,6). The molecule has 1 heterocycles. The number of nitrogens with zero attached hydrogens (tertiary/aromatic N) is 1. The summed E-state index contributed by atoms with van der Waals surface area (Å²) in [4.78, 5) is 13.2. The molecule has 0 unspecified atom stereocenters. The number of carboxylic acids is 1. The lowest BCUT2D eigenvalue weighted by Crippen LogP contribution is -2.03. The second-order valence-corrected chi connectivity index (χ2v) is 3.35. The zero-order valence-electron chi connectivity index (χ0n) is 8.24. The number of alkyl halides is 3. The minimum absolute atomic E-state index is 0.0185. The first kappa shape index (κ1) is 12.5. The summed E-state index contributed by atoms with van der Waals surface area (Å²) < 4.78 is 35.3. The molecule has 0 bridgehead atoms. The van der Waals surface area contributed by atoms with Crippen molar-refractivity contribution in [2.24, 2.45) is 5.92 Å². The van der Waals surface area contributed by atoms with E-state index in [-0.39, 0.29) is 5.92 Å². The fourth-order valence-electron chi connectivity index (χ4n) is 0.871. The number of halogens is 3. The number of aliphatic carboxylic acids is 1. The summed E-state index contributed by atoms with van der Waals surface area (Å²) in [6, 6.07) is 1.86. The predicted octanol–water partition coefficient (Wildman–Crippen LogP) is 2.58. The van der Waals surface area contributed by atoms with Crippen LogP contribution in [0.25, 0.3) is 0 Å². The van der Waals surface area contributed by atoms with Gasteiger partial charge in [0, 0.05) is 12.4 Å².